The van der Waals surface area contributed by atoms with E-state index in [1.165, 1.54) is 115 Å². The molecular formula is C31H43NO2S. The Morgan fingerprint density at radius 1 is 0.743 bits per heavy atom. The number of benzene rings is 2. The van der Waals surface area contributed by atoms with Crippen LogP contribution in [0.4, 0.5) is 0 Å². The van der Waals surface area contributed by atoms with Gasteiger partial charge in [0.2, 0.25) is 0 Å². The van der Waals surface area contributed by atoms with Crippen LogP contribution < -0.4 is 0 Å². The molecule has 0 fully saturated rings. The number of phenols is 2. The van der Waals surface area contributed by atoms with Crippen LogP contribution in [0.25, 0.3) is 22.2 Å². The molecule has 0 spiro atoms. The van der Waals surface area contributed by atoms with Gasteiger partial charge in [-0.15, -0.1) is 0 Å². The number of aromatic nitrogens is 1. The van der Waals surface area contributed by atoms with Crippen molar-refractivity contribution in [2.75, 3.05) is 11.5 Å². The van der Waals surface area contributed by atoms with Crippen molar-refractivity contribution in [2.24, 2.45) is 0 Å². The Morgan fingerprint density at radius 2 is 1.40 bits per heavy atom. The van der Waals surface area contributed by atoms with Crippen molar-refractivity contribution in [3.05, 3.63) is 47.5 Å². The van der Waals surface area contributed by atoms with E-state index < -0.39 is 0 Å². The molecule has 1 aromatic heterocycles. The summed E-state index contributed by atoms with van der Waals surface area (Å²) in [7, 11) is 0. The van der Waals surface area contributed by atoms with E-state index in [1.807, 2.05) is 18.2 Å². The van der Waals surface area contributed by atoms with Crippen molar-refractivity contribution in [2.45, 2.75) is 96.9 Å². The SMILES string of the molecule is CCCCCSCCCCCCCCCCn1c2c(c3cc(O)ccc31)CCc1cc(O)ccc1-2. The molecule has 0 saturated heterocycles. The smallest absolute Gasteiger partial charge is 0.116 e. The van der Waals surface area contributed by atoms with Crippen LogP contribution in [0.1, 0.15) is 88.7 Å². The number of aromatic hydroxyl groups is 2. The number of rotatable bonds is 15. The third-order valence-electron chi connectivity index (χ3n) is 7.45. The number of fused-ring (bicyclic) bond motifs is 5. The predicted octanol–water partition coefficient (Wildman–Crippen LogP) is 8.86. The van der Waals surface area contributed by atoms with Crippen molar-refractivity contribution >= 4 is 22.7 Å². The average molecular weight is 494 g/mol. The lowest BCUT2D eigenvalue weighted by molar-refractivity contribution is 0.474. The van der Waals surface area contributed by atoms with Gasteiger partial charge < -0.3 is 14.8 Å². The summed E-state index contributed by atoms with van der Waals surface area (Å²) in [6, 6.07) is 11.6. The fourth-order valence-electron chi connectivity index (χ4n) is 5.57. The molecule has 1 heterocycles. The van der Waals surface area contributed by atoms with Gasteiger partial charge in [-0.1, -0.05) is 58.3 Å². The summed E-state index contributed by atoms with van der Waals surface area (Å²) in [6.45, 7) is 3.28. The van der Waals surface area contributed by atoms with Crippen LogP contribution in [0, 0.1) is 0 Å². The average Bonchev–Trinajstić information content (AvgIpc) is 3.17. The summed E-state index contributed by atoms with van der Waals surface area (Å²) in [5.41, 5.74) is 6.33. The van der Waals surface area contributed by atoms with Gasteiger partial charge in [-0.3, -0.25) is 0 Å². The van der Waals surface area contributed by atoms with Crippen LogP contribution in [-0.2, 0) is 19.4 Å². The van der Waals surface area contributed by atoms with E-state index in [0.717, 1.165) is 19.4 Å². The second-order valence-corrected chi connectivity index (χ2v) is 11.4. The second-order valence-electron chi connectivity index (χ2n) is 10.2. The highest BCUT2D eigenvalue weighted by Gasteiger charge is 2.24. The van der Waals surface area contributed by atoms with Gasteiger partial charge in [0.25, 0.3) is 0 Å². The van der Waals surface area contributed by atoms with Gasteiger partial charge in [-0.25, -0.2) is 0 Å². The van der Waals surface area contributed by atoms with Crippen molar-refractivity contribution in [3.8, 4) is 22.8 Å². The standard InChI is InChI=1S/C31H43NO2S/c1-2-3-11-20-35-21-12-9-7-5-4-6-8-10-19-32-30-18-15-26(34)23-29(30)28-16-13-24-22-25(33)14-17-27(24)31(28)32/h14-15,17-18,22-23,33-34H,2-13,16,19-21H2,1H3. The Balaban J connectivity index is 1.25. The van der Waals surface area contributed by atoms with Gasteiger partial charge in [0, 0.05) is 23.0 Å². The van der Waals surface area contributed by atoms with Crippen LogP contribution in [-0.4, -0.2) is 26.3 Å². The molecule has 0 bridgehead atoms. The Morgan fingerprint density at radius 3 is 2.17 bits per heavy atom. The largest absolute Gasteiger partial charge is 0.508 e. The monoisotopic (exact) mass is 493 g/mol. The van der Waals surface area contributed by atoms with Crippen LogP contribution >= 0.6 is 11.8 Å². The van der Waals surface area contributed by atoms with E-state index >= 15 is 0 Å². The lowest BCUT2D eigenvalue weighted by Crippen LogP contribution is -2.08. The molecule has 2 N–H and O–H groups in total. The van der Waals surface area contributed by atoms with E-state index in [2.05, 4.69) is 35.4 Å². The van der Waals surface area contributed by atoms with Crippen molar-refractivity contribution in [3.63, 3.8) is 0 Å². The molecule has 3 aromatic rings. The molecule has 0 aliphatic heterocycles. The highest BCUT2D eigenvalue weighted by atomic mass is 32.2. The van der Waals surface area contributed by atoms with Crippen molar-refractivity contribution in [1.82, 2.24) is 4.57 Å². The molecule has 0 amide bonds. The van der Waals surface area contributed by atoms with E-state index in [4.69, 9.17) is 0 Å². The Labute approximate surface area is 215 Å². The molecule has 1 aliphatic carbocycles. The minimum Gasteiger partial charge on any atom is -0.508 e. The van der Waals surface area contributed by atoms with Crippen LogP contribution in [0.15, 0.2) is 36.4 Å². The quantitative estimate of drug-likeness (QED) is 0.208. The molecule has 0 saturated carbocycles. The van der Waals surface area contributed by atoms with Crippen LogP contribution in [0.5, 0.6) is 11.5 Å². The molecule has 0 radical (unpaired) electrons. The lowest BCUT2D eigenvalue weighted by atomic mass is 9.88. The Hall–Kier alpha value is -2.07. The molecule has 190 valence electrons. The van der Waals surface area contributed by atoms with Gasteiger partial charge in [-0.2, -0.15) is 11.8 Å². The number of unbranched alkanes of at least 4 members (excludes halogenated alkanes) is 9. The number of thioether (sulfide) groups is 1. The first-order valence-corrected chi connectivity index (χ1v) is 15.1. The number of hydrogen-bond acceptors (Lipinski definition) is 3. The molecule has 0 unspecified atom stereocenters. The maximum atomic E-state index is 10.1. The normalized spacial score (nSPS) is 12.7. The maximum Gasteiger partial charge on any atom is 0.116 e. The molecule has 0 atom stereocenters. The number of aryl methyl sites for hydroxylation is 3. The fourth-order valence-corrected chi connectivity index (χ4v) is 6.59. The molecule has 2 aromatic carbocycles. The van der Waals surface area contributed by atoms with Crippen molar-refractivity contribution < 1.29 is 10.2 Å². The summed E-state index contributed by atoms with van der Waals surface area (Å²) in [5, 5.41) is 21.3. The maximum absolute atomic E-state index is 10.1. The topological polar surface area (TPSA) is 45.4 Å². The summed E-state index contributed by atoms with van der Waals surface area (Å²) in [6.07, 6.45) is 16.6. The summed E-state index contributed by atoms with van der Waals surface area (Å²) in [5.74, 6) is 3.38. The Bertz CT molecular complexity index is 1090. The third kappa shape index (κ3) is 6.78. The first kappa shape index (κ1) is 26.0. The van der Waals surface area contributed by atoms with E-state index in [-0.39, 0.29) is 0 Å². The van der Waals surface area contributed by atoms with E-state index in [9.17, 15) is 10.2 Å². The molecule has 35 heavy (non-hydrogen) atoms. The second kappa shape index (κ2) is 13.3. The fraction of sp³-hybridized carbons (Fsp3) is 0.548. The van der Waals surface area contributed by atoms with Gasteiger partial charge in [0.1, 0.15) is 11.5 Å². The van der Waals surface area contributed by atoms with Gasteiger partial charge in [0.15, 0.2) is 0 Å². The zero-order valence-corrected chi connectivity index (χ0v) is 22.3. The first-order chi connectivity index (χ1) is 17.2. The predicted molar refractivity (Wildman–Crippen MR) is 152 cm³/mol. The van der Waals surface area contributed by atoms with Crippen LogP contribution in [0.2, 0.25) is 0 Å². The highest BCUT2D eigenvalue weighted by Crippen LogP contribution is 2.42. The number of hydrogen-bond donors (Lipinski definition) is 2. The molecule has 3 nitrogen and oxygen atoms in total. The first-order valence-electron chi connectivity index (χ1n) is 13.9. The molecule has 4 rings (SSSR count). The van der Waals surface area contributed by atoms with Gasteiger partial charge >= 0.3 is 0 Å². The molecule has 1 aliphatic rings. The summed E-state index contributed by atoms with van der Waals surface area (Å²) >= 11 is 2.15. The minimum absolute atomic E-state index is 0.337. The van der Waals surface area contributed by atoms with Crippen molar-refractivity contribution in [1.29, 1.82) is 0 Å². The third-order valence-corrected chi connectivity index (χ3v) is 8.61. The number of nitrogens with zero attached hydrogens (tertiary/aromatic N) is 1. The molecular weight excluding hydrogens is 450 g/mol. The van der Waals surface area contributed by atoms with E-state index in [0.29, 0.717) is 11.5 Å². The van der Waals surface area contributed by atoms with Gasteiger partial charge in [0.05, 0.1) is 5.69 Å². The zero-order valence-electron chi connectivity index (χ0n) is 21.5. The van der Waals surface area contributed by atoms with E-state index in [1.54, 1.807) is 6.07 Å². The lowest BCUT2D eigenvalue weighted by Gasteiger charge is -2.20. The minimum atomic E-state index is 0.337. The molecule has 4 heteroatoms. The van der Waals surface area contributed by atoms with Gasteiger partial charge in [-0.05, 0) is 91.1 Å². The zero-order chi connectivity index (χ0) is 24.5. The summed E-state index contributed by atoms with van der Waals surface area (Å²) < 4.78 is 2.47. The summed E-state index contributed by atoms with van der Waals surface area (Å²) in [4.78, 5) is 0. The van der Waals surface area contributed by atoms with Crippen LogP contribution in [0.3, 0.4) is 0 Å². The number of phenolic OH excluding ortho intramolecular Hbond substituents is 2. The highest BCUT2D eigenvalue weighted by molar-refractivity contribution is 7.99. The Kier molecular flexibility index (Phi) is 9.88.